The van der Waals surface area contributed by atoms with Crippen molar-refractivity contribution in [2.24, 2.45) is 5.92 Å². The van der Waals surface area contributed by atoms with Crippen LogP contribution in [-0.2, 0) is 25.5 Å². The molecule has 0 saturated carbocycles. The molecule has 1 aromatic carbocycles. The molecule has 1 aromatic rings. The van der Waals surface area contributed by atoms with Crippen LogP contribution >= 0.6 is 0 Å². The summed E-state index contributed by atoms with van der Waals surface area (Å²) in [6.07, 6.45) is 2.99. The van der Waals surface area contributed by atoms with Gasteiger partial charge >= 0.3 is 0 Å². The Kier molecular flexibility index (Phi) is 5.42. The summed E-state index contributed by atoms with van der Waals surface area (Å²) < 4.78 is 32.2. The quantitative estimate of drug-likeness (QED) is 0.774. The number of rotatable bonds is 7. The van der Waals surface area contributed by atoms with Crippen molar-refractivity contribution in [3.8, 4) is 5.75 Å². The number of hydrogen-bond acceptors (Lipinski definition) is 5. The summed E-state index contributed by atoms with van der Waals surface area (Å²) in [6.45, 7) is 2.52. The highest BCUT2D eigenvalue weighted by Gasteiger charge is 2.15. The van der Waals surface area contributed by atoms with Gasteiger partial charge in [-0.2, -0.15) is 8.42 Å². The number of fused-ring (bicyclic) bond motifs is 1. The van der Waals surface area contributed by atoms with E-state index >= 15 is 0 Å². The molecule has 0 fully saturated rings. The zero-order valence-corrected chi connectivity index (χ0v) is 13.6. The first kappa shape index (κ1) is 16.8. The molecular formula is C15H21NO5S. The SMILES string of the molecule is CC(CCOc1ccc2c(c1)NC(=O)CC2)COS(C)(=O)=O. The Morgan fingerprint density at radius 1 is 1.32 bits per heavy atom. The van der Waals surface area contributed by atoms with E-state index in [4.69, 9.17) is 8.92 Å². The van der Waals surface area contributed by atoms with Crippen molar-refractivity contribution >= 4 is 21.7 Å². The van der Waals surface area contributed by atoms with Crippen LogP contribution in [0.5, 0.6) is 5.75 Å². The lowest BCUT2D eigenvalue weighted by Gasteiger charge is -2.18. The Morgan fingerprint density at radius 3 is 2.82 bits per heavy atom. The van der Waals surface area contributed by atoms with Crippen molar-refractivity contribution in [2.75, 3.05) is 24.8 Å². The average Bonchev–Trinajstić information content (AvgIpc) is 2.44. The molecule has 7 heteroatoms. The summed E-state index contributed by atoms with van der Waals surface area (Å²) in [5.74, 6) is 0.792. The average molecular weight is 327 g/mol. The molecule has 1 atom stereocenters. The highest BCUT2D eigenvalue weighted by atomic mass is 32.2. The second-order valence-corrected chi connectivity index (χ2v) is 7.24. The third kappa shape index (κ3) is 5.31. The van der Waals surface area contributed by atoms with Gasteiger partial charge < -0.3 is 10.1 Å². The minimum absolute atomic E-state index is 0.0243. The molecule has 1 aliphatic rings. The normalized spacial score (nSPS) is 15.8. The third-order valence-electron chi connectivity index (χ3n) is 3.42. The first-order valence-electron chi connectivity index (χ1n) is 7.23. The molecule has 2 rings (SSSR count). The number of anilines is 1. The van der Waals surface area contributed by atoms with Crippen molar-refractivity contribution in [2.45, 2.75) is 26.2 Å². The fraction of sp³-hybridized carbons (Fsp3) is 0.533. The van der Waals surface area contributed by atoms with Crippen LogP contribution in [-0.4, -0.2) is 33.8 Å². The molecule has 22 heavy (non-hydrogen) atoms. The number of carbonyl (C=O) groups excluding carboxylic acids is 1. The molecule has 122 valence electrons. The Labute approximate surface area is 130 Å². The minimum atomic E-state index is -3.39. The maximum absolute atomic E-state index is 11.4. The van der Waals surface area contributed by atoms with Crippen molar-refractivity contribution < 1.29 is 22.1 Å². The molecule has 0 bridgehead atoms. The summed E-state index contributed by atoms with van der Waals surface area (Å²) in [6, 6.07) is 5.67. The van der Waals surface area contributed by atoms with E-state index in [9.17, 15) is 13.2 Å². The van der Waals surface area contributed by atoms with E-state index in [-0.39, 0.29) is 18.4 Å². The van der Waals surface area contributed by atoms with E-state index in [0.717, 1.165) is 23.9 Å². The predicted molar refractivity (Wildman–Crippen MR) is 83.5 cm³/mol. The smallest absolute Gasteiger partial charge is 0.264 e. The van der Waals surface area contributed by atoms with Gasteiger partial charge in [0.25, 0.3) is 10.1 Å². The molecule has 0 radical (unpaired) electrons. The number of ether oxygens (including phenoxy) is 1. The number of benzene rings is 1. The summed E-state index contributed by atoms with van der Waals surface area (Å²) in [4.78, 5) is 11.4. The molecule has 0 aliphatic carbocycles. The third-order valence-corrected chi connectivity index (χ3v) is 3.99. The molecule has 6 nitrogen and oxygen atoms in total. The van der Waals surface area contributed by atoms with Gasteiger partial charge in [0.15, 0.2) is 0 Å². The highest BCUT2D eigenvalue weighted by Crippen LogP contribution is 2.27. The van der Waals surface area contributed by atoms with Gasteiger partial charge in [-0.25, -0.2) is 0 Å². The largest absolute Gasteiger partial charge is 0.494 e. The van der Waals surface area contributed by atoms with Crippen LogP contribution in [0, 0.1) is 5.92 Å². The lowest BCUT2D eigenvalue weighted by Crippen LogP contribution is -2.19. The monoisotopic (exact) mass is 327 g/mol. The lowest BCUT2D eigenvalue weighted by molar-refractivity contribution is -0.116. The van der Waals surface area contributed by atoms with Crippen molar-refractivity contribution in [3.05, 3.63) is 23.8 Å². The Balaban J connectivity index is 1.80. The molecular weight excluding hydrogens is 306 g/mol. The second-order valence-electron chi connectivity index (χ2n) is 5.60. The zero-order valence-electron chi connectivity index (χ0n) is 12.8. The molecule has 1 unspecified atom stereocenters. The maximum atomic E-state index is 11.4. The number of carbonyl (C=O) groups is 1. The number of amides is 1. The van der Waals surface area contributed by atoms with E-state index in [1.165, 1.54) is 0 Å². The molecule has 0 saturated heterocycles. The topological polar surface area (TPSA) is 81.7 Å². The molecule has 1 aliphatic heterocycles. The predicted octanol–water partition coefficient (Wildman–Crippen LogP) is 1.95. The van der Waals surface area contributed by atoms with Gasteiger partial charge in [-0.1, -0.05) is 13.0 Å². The fourth-order valence-electron chi connectivity index (χ4n) is 2.14. The molecule has 0 spiro atoms. The first-order valence-corrected chi connectivity index (χ1v) is 9.05. The van der Waals surface area contributed by atoms with Gasteiger partial charge in [-0.05, 0) is 30.4 Å². The second kappa shape index (κ2) is 7.11. The van der Waals surface area contributed by atoms with Crippen LogP contribution in [0.15, 0.2) is 18.2 Å². The van der Waals surface area contributed by atoms with Gasteiger partial charge in [0.1, 0.15) is 5.75 Å². The number of aryl methyl sites for hydroxylation is 1. The van der Waals surface area contributed by atoms with E-state index in [2.05, 4.69) is 5.32 Å². The lowest BCUT2D eigenvalue weighted by atomic mass is 10.0. The zero-order chi connectivity index (χ0) is 16.2. The molecule has 0 aromatic heterocycles. The minimum Gasteiger partial charge on any atom is -0.494 e. The van der Waals surface area contributed by atoms with E-state index < -0.39 is 10.1 Å². The summed E-state index contributed by atoms with van der Waals surface area (Å²) in [5.41, 5.74) is 1.92. The molecule has 1 heterocycles. The standard InChI is InChI=1S/C15H21NO5S/c1-11(10-21-22(2,18)19)7-8-20-13-5-3-12-4-6-15(17)16-14(12)9-13/h3,5,9,11H,4,6-8,10H2,1-2H3,(H,16,17). The van der Waals surface area contributed by atoms with Crippen LogP contribution in [0.2, 0.25) is 0 Å². The summed E-state index contributed by atoms with van der Waals surface area (Å²) in [7, 11) is -3.39. The molecule has 1 N–H and O–H groups in total. The van der Waals surface area contributed by atoms with Crippen LogP contribution in [0.3, 0.4) is 0 Å². The first-order chi connectivity index (χ1) is 10.3. The van der Waals surface area contributed by atoms with Gasteiger partial charge in [0.2, 0.25) is 5.91 Å². The summed E-state index contributed by atoms with van der Waals surface area (Å²) in [5, 5.41) is 2.83. The van der Waals surface area contributed by atoms with Crippen molar-refractivity contribution in [3.63, 3.8) is 0 Å². The number of nitrogens with one attached hydrogen (secondary N) is 1. The molecule has 1 amide bonds. The van der Waals surface area contributed by atoms with Gasteiger partial charge in [-0.15, -0.1) is 0 Å². The summed E-state index contributed by atoms with van der Waals surface area (Å²) >= 11 is 0. The van der Waals surface area contributed by atoms with Gasteiger partial charge in [-0.3, -0.25) is 8.98 Å². The van der Waals surface area contributed by atoms with Gasteiger partial charge in [0, 0.05) is 18.2 Å². The maximum Gasteiger partial charge on any atom is 0.264 e. The van der Waals surface area contributed by atoms with E-state index in [1.807, 2.05) is 25.1 Å². The van der Waals surface area contributed by atoms with E-state index in [0.29, 0.717) is 25.2 Å². The fourth-order valence-corrected chi connectivity index (χ4v) is 2.62. The van der Waals surface area contributed by atoms with Crippen LogP contribution in [0.4, 0.5) is 5.69 Å². The van der Waals surface area contributed by atoms with Crippen molar-refractivity contribution in [1.82, 2.24) is 0 Å². The van der Waals surface area contributed by atoms with Crippen LogP contribution in [0.1, 0.15) is 25.3 Å². The number of hydrogen-bond donors (Lipinski definition) is 1. The Morgan fingerprint density at radius 2 is 2.09 bits per heavy atom. The Hall–Kier alpha value is -1.60. The highest BCUT2D eigenvalue weighted by molar-refractivity contribution is 7.85. The van der Waals surface area contributed by atoms with Crippen molar-refractivity contribution in [1.29, 1.82) is 0 Å². The van der Waals surface area contributed by atoms with Crippen LogP contribution in [0.25, 0.3) is 0 Å². The van der Waals surface area contributed by atoms with Gasteiger partial charge in [0.05, 0.1) is 19.5 Å². The van der Waals surface area contributed by atoms with E-state index in [1.54, 1.807) is 0 Å². The Bertz CT molecular complexity index is 641. The van der Waals surface area contributed by atoms with Crippen LogP contribution < -0.4 is 10.1 Å².